The van der Waals surface area contributed by atoms with Gasteiger partial charge in [-0.3, -0.25) is 4.79 Å². The summed E-state index contributed by atoms with van der Waals surface area (Å²) < 4.78 is 16.9. The number of hydrogen-bond acceptors (Lipinski definition) is 7. The Kier molecular flexibility index (Phi) is 7.34. The molecule has 1 amide bonds. The SMILES string of the molecule is C[C@@H](/C=C/c1cnc(Oc2ccc(OCC3CC3)cc2Cl)s1)NC(=O)c1cccc(-c2ncco2)c1. The van der Waals surface area contributed by atoms with Crippen molar-refractivity contribution in [2.75, 3.05) is 6.61 Å². The molecular formula is C27H24ClN3O4S. The minimum Gasteiger partial charge on any atom is -0.493 e. The fraction of sp³-hybridized carbons (Fsp3) is 0.222. The van der Waals surface area contributed by atoms with Crippen LogP contribution in [0.25, 0.3) is 17.5 Å². The molecule has 1 N–H and O–H groups in total. The van der Waals surface area contributed by atoms with Crippen LogP contribution in [0.1, 0.15) is 35.0 Å². The summed E-state index contributed by atoms with van der Waals surface area (Å²) in [6, 6.07) is 12.3. The molecule has 36 heavy (non-hydrogen) atoms. The molecule has 2 aromatic carbocycles. The molecule has 7 nitrogen and oxygen atoms in total. The van der Waals surface area contributed by atoms with Crippen LogP contribution < -0.4 is 14.8 Å². The lowest BCUT2D eigenvalue weighted by atomic mass is 10.1. The van der Waals surface area contributed by atoms with Crippen LogP contribution in [0.2, 0.25) is 5.02 Å². The highest BCUT2D eigenvalue weighted by Crippen LogP contribution is 2.35. The van der Waals surface area contributed by atoms with E-state index in [0.29, 0.717) is 33.3 Å². The van der Waals surface area contributed by atoms with Crippen LogP contribution in [0, 0.1) is 5.92 Å². The smallest absolute Gasteiger partial charge is 0.279 e. The topological polar surface area (TPSA) is 86.5 Å². The number of oxazole rings is 1. The van der Waals surface area contributed by atoms with Gasteiger partial charge in [0.15, 0.2) is 0 Å². The first-order valence-electron chi connectivity index (χ1n) is 11.6. The van der Waals surface area contributed by atoms with Crippen LogP contribution in [-0.4, -0.2) is 28.5 Å². The summed E-state index contributed by atoms with van der Waals surface area (Å²) in [7, 11) is 0. The second kappa shape index (κ2) is 11.0. The minimum atomic E-state index is -0.202. The Hall–Kier alpha value is -3.62. The van der Waals surface area contributed by atoms with Gasteiger partial charge in [-0.05, 0) is 62.1 Å². The van der Waals surface area contributed by atoms with E-state index in [-0.39, 0.29) is 11.9 Å². The average molecular weight is 522 g/mol. The van der Waals surface area contributed by atoms with Gasteiger partial charge in [-0.15, -0.1) is 0 Å². The molecule has 1 aliphatic carbocycles. The molecule has 184 valence electrons. The van der Waals surface area contributed by atoms with Crippen LogP contribution in [0.3, 0.4) is 0 Å². The molecule has 0 radical (unpaired) electrons. The number of carbonyl (C=O) groups excluding carboxylic acids is 1. The van der Waals surface area contributed by atoms with E-state index >= 15 is 0 Å². The zero-order valence-electron chi connectivity index (χ0n) is 19.5. The normalized spacial score (nSPS) is 14.1. The lowest BCUT2D eigenvalue weighted by molar-refractivity contribution is 0.0947. The predicted octanol–water partition coefficient (Wildman–Crippen LogP) is 6.86. The molecule has 1 saturated carbocycles. The number of amides is 1. The minimum absolute atomic E-state index is 0.187. The van der Waals surface area contributed by atoms with E-state index in [1.165, 1.54) is 30.4 Å². The Morgan fingerprint density at radius 2 is 2.17 bits per heavy atom. The molecule has 2 heterocycles. The number of benzene rings is 2. The molecular weight excluding hydrogens is 498 g/mol. The molecule has 1 fully saturated rings. The number of ether oxygens (including phenoxy) is 2. The van der Waals surface area contributed by atoms with Gasteiger partial charge in [-0.1, -0.05) is 35.1 Å². The number of thiazole rings is 1. The van der Waals surface area contributed by atoms with Crippen molar-refractivity contribution in [2.45, 2.75) is 25.8 Å². The van der Waals surface area contributed by atoms with Gasteiger partial charge in [0.2, 0.25) is 5.89 Å². The van der Waals surface area contributed by atoms with E-state index in [1.807, 2.05) is 31.2 Å². The molecule has 2 aromatic heterocycles. The van der Waals surface area contributed by atoms with E-state index in [9.17, 15) is 4.79 Å². The van der Waals surface area contributed by atoms with Gasteiger partial charge in [0, 0.05) is 29.4 Å². The lowest BCUT2D eigenvalue weighted by Crippen LogP contribution is -2.30. The molecule has 0 bridgehead atoms. The maximum absolute atomic E-state index is 12.7. The quantitative estimate of drug-likeness (QED) is 0.245. The number of hydrogen-bond donors (Lipinski definition) is 1. The summed E-state index contributed by atoms with van der Waals surface area (Å²) in [5.74, 6) is 2.22. The van der Waals surface area contributed by atoms with Crippen molar-refractivity contribution in [1.29, 1.82) is 0 Å². The van der Waals surface area contributed by atoms with E-state index in [4.69, 9.17) is 25.5 Å². The molecule has 4 aromatic rings. The Bertz CT molecular complexity index is 1370. The largest absolute Gasteiger partial charge is 0.493 e. The highest BCUT2D eigenvalue weighted by atomic mass is 35.5. The lowest BCUT2D eigenvalue weighted by Gasteiger charge is -2.10. The van der Waals surface area contributed by atoms with Crippen molar-refractivity contribution >= 4 is 34.9 Å². The first-order chi connectivity index (χ1) is 17.5. The number of carbonyl (C=O) groups is 1. The van der Waals surface area contributed by atoms with Crippen LogP contribution >= 0.6 is 22.9 Å². The summed E-state index contributed by atoms with van der Waals surface area (Å²) >= 11 is 7.75. The van der Waals surface area contributed by atoms with E-state index < -0.39 is 0 Å². The Morgan fingerprint density at radius 3 is 2.94 bits per heavy atom. The first-order valence-corrected chi connectivity index (χ1v) is 12.8. The van der Waals surface area contributed by atoms with Gasteiger partial charge in [0.05, 0.1) is 22.7 Å². The van der Waals surface area contributed by atoms with Crippen molar-refractivity contribution in [1.82, 2.24) is 15.3 Å². The number of aromatic nitrogens is 2. The van der Waals surface area contributed by atoms with Gasteiger partial charge < -0.3 is 19.2 Å². The number of halogens is 1. The Morgan fingerprint density at radius 1 is 1.28 bits per heavy atom. The number of nitrogens with zero attached hydrogens (tertiary/aromatic N) is 2. The van der Waals surface area contributed by atoms with E-state index in [0.717, 1.165) is 22.8 Å². The van der Waals surface area contributed by atoms with Gasteiger partial charge in [0.1, 0.15) is 17.8 Å². The summed E-state index contributed by atoms with van der Waals surface area (Å²) in [5, 5.41) is 3.91. The van der Waals surface area contributed by atoms with Gasteiger partial charge in [-0.2, -0.15) is 0 Å². The van der Waals surface area contributed by atoms with Gasteiger partial charge in [0.25, 0.3) is 11.1 Å². The van der Waals surface area contributed by atoms with Crippen molar-refractivity contribution in [3.8, 4) is 28.1 Å². The van der Waals surface area contributed by atoms with Crippen molar-refractivity contribution in [3.63, 3.8) is 0 Å². The first kappa shape index (κ1) is 24.1. The van der Waals surface area contributed by atoms with Gasteiger partial charge >= 0.3 is 0 Å². The van der Waals surface area contributed by atoms with Crippen molar-refractivity contribution in [2.24, 2.45) is 5.92 Å². The summed E-state index contributed by atoms with van der Waals surface area (Å²) in [6.45, 7) is 2.63. The van der Waals surface area contributed by atoms with Crippen LogP contribution in [-0.2, 0) is 0 Å². The third-order valence-electron chi connectivity index (χ3n) is 5.50. The predicted molar refractivity (Wildman–Crippen MR) is 140 cm³/mol. The molecule has 0 unspecified atom stereocenters. The van der Waals surface area contributed by atoms with Crippen LogP contribution in [0.5, 0.6) is 16.7 Å². The summed E-state index contributed by atoms with van der Waals surface area (Å²) in [6.07, 6.45) is 11.0. The molecule has 1 aliphatic rings. The third kappa shape index (κ3) is 6.33. The highest BCUT2D eigenvalue weighted by molar-refractivity contribution is 7.14. The standard InChI is InChI=1S/C27H24ClN3O4S/c1-17(31-25(32)19-3-2-4-20(13-19)26-29-11-12-33-26)5-9-22-15-30-27(36-22)35-24-10-8-21(14-23(24)28)34-16-18-6-7-18/h2-5,8-15,17-18H,6-7,16H2,1H3,(H,31,32)/b9-5+/t17-/m0/s1. The average Bonchev–Trinajstić information content (AvgIpc) is 3.34. The fourth-order valence-electron chi connectivity index (χ4n) is 3.38. The second-order valence-electron chi connectivity index (χ2n) is 8.52. The molecule has 0 saturated heterocycles. The van der Waals surface area contributed by atoms with Gasteiger partial charge in [-0.25, -0.2) is 9.97 Å². The molecule has 5 rings (SSSR count). The number of rotatable bonds is 10. The van der Waals surface area contributed by atoms with E-state index in [2.05, 4.69) is 15.3 Å². The fourth-order valence-corrected chi connectivity index (χ4v) is 4.28. The highest BCUT2D eigenvalue weighted by Gasteiger charge is 2.22. The van der Waals surface area contributed by atoms with Crippen LogP contribution in [0.15, 0.2) is 71.6 Å². The molecule has 0 spiro atoms. The van der Waals surface area contributed by atoms with Crippen molar-refractivity contribution in [3.05, 3.63) is 82.7 Å². The second-order valence-corrected chi connectivity index (χ2v) is 9.95. The maximum atomic E-state index is 12.7. The zero-order valence-corrected chi connectivity index (χ0v) is 21.1. The Labute approximate surface area is 217 Å². The molecule has 0 aliphatic heterocycles. The molecule has 1 atom stereocenters. The summed E-state index contributed by atoms with van der Waals surface area (Å²) in [5.41, 5.74) is 1.27. The molecule has 9 heteroatoms. The van der Waals surface area contributed by atoms with Crippen molar-refractivity contribution < 1.29 is 18.7 Å². The third-order valence-corrected chi connectivity index (χ3v) is 6.63. The zero-order chi connectivity index (χ0) is 24.9. The van der Waals surface area contributed by atoms with Crippen LogP contribution in [0.4, 0.5) is 0 Å². The van der Waals surface area contributed by atoms with E-state index in [1.54, 1.807) is 42.7 Å². The maximum Gasteiger partial charge on any atom is 0.279 e. The Balaban J connectivity index is 1.15. The summed E-state index contributed by atoms with van der Waals surface area (Å²) in [4.78, 5) is 22.0. The number of nitrogens with one attached hydrogen (secondary N) is 1. The monoisotopic (exact) mass is 521 g/mol.